The smallest absolute Gasteiger partial charge is 0.0701 e. The first kappa shape index (κ1) is 52.4. The van der Waals surface area contributed by atoms with E-state index in [1.165, 1.54) is 5.71 Å². The van der Waals surface area contributed by atoms with Gasteiger partial charge in [-0.3, -0.25) is 20.0 Å². The van der Waals surface area contributed by atoms with E-state index in [1.807, 2.05) is 0 Å². The lowest BCUT2D eigenvalue weighted by Crippen LogP contribution is -2.43. The molecule has 0 aromatic carbocycles. The maximum atomic E-state index is 6.20. The van der Waals surface area contributed by atoms with Gasteiger partial charge >= 0.3 is 0 Å². The van der Waals surface area contributed by atoms with E-state index < -0.39 is 5.41 Å². The lowest BCUT2D eigenvalue weighted by molar-refractivity contribution is -0.121. The molecule has 0 N–H and O–H groups in total. The molecule has 0 aromatic rings. The van der Waals surface area contributed by atoms with Crippen LogP contribution < -0.4 is 0 Å². The van der Waals surface area contributed by atoms with E-state index in [0.29, 0.717) is 149 Å². The fourth-order valence-corrected chi connectivity index (χ4v) is 4.30. The largest absolute Gasteiger partial charge is 0.379 e. The summed E-state index contributed by atoms with van der Waals surface area (Å²) >= 11 is 0. The van der Waals surface area contributed by atoms with Gasteiger partial charge in [0, 0.05) is 36.0 Å². The summed E-state index contributed by atoms with van der Waals surface area (Å²) in [5.41, 5.74) is 4.02. The van der Waals surface area contributed by atoms with Gasteiger partial charge in [0.25, 0.3) is 0 Å². The number of hydrogen-bond donors (Lipinski definition) is 0. The molecule has 0 aliphatic carbocycles. The number of hydrogen-bond acceptors (Lipinski definition) is 12. The Morgan fingerprint density at radius 3 is 0.852 bits per heavy atom. The van der Waals surface area contributed by atoms with Gasteiger partial charge in [-0.15, -0.1) is 0 Å². The molecule has 0 atom stereocenters. The highest BCUT2D eigenvalue weighted by Gasteiger charge is 2.32. The molecule has 0 aromatic heterocycles. The average Bonchev–Trinajstić information content (AvgIpc) is 3.13. The topological polar surface area (TPSA) is 123 Å². The van der Waals surface area contributed by atoms with Gasteiger partial charge in [0.05, 0.1) is 124 Å². The van der Waals surface area contributed by atoms with Crippen LogP contribution in [0.15, 0.2) is 20.0 Å². The van der Waals surface area contributed by atoms with Crippen LogP contribution in [0, 0.1) is 29.1 Å². The van der Waals surface area contributed by atoms with Crippen LogP contribution in [-0.2, 0) is 37.9 Å². The summed E-state index contributed by atoms with van der Waals surface area (Å²) in [5, 5.41) is 0. The third-order valence-corrected chi connectivity index (χ3v) is 9.06. The Morgan fingerprint density at radius 2 is 0.574 bits per heavy atom. The summed E-state index contributed by atoms with van der Waals surface area (Å²) in [6.45, 7) is 35.7. The summed E-state index contributed by atoms with van der Waals surface area (Å²) in [6.07, 6.45) is 0.882. The van der Waals surface area contributed by atoms with Crippen LogP contribution in [0.5, 0.6) is 0 Å². The van der Waals surface area contributed by atoms with Crippen molar-refractivity contribution in [2.75, 3.05) is 132 Å². The summed E-state index contributed by atoms with van der Waals surface area (Å²) < 4.78 is 48.0. The maximum Gasteiger partial charge on any atom is 0.0701 e. The Bertz CT molecular complexity index is 921. The lowest BCUT2D eigenvalue weighted by Gasteiger charge is -2.33. The molecule has 0 unspecified atom stereocenters. The Kier molecular flexibility index (Phi) is 33.5. The van der Waals surface area contributed by atoms with Crippen molar-refractivity contribution in [1.82, 2.24) is 0 Å². The molecule has 0 aliphatic heterocycles. The molecule has 12 nitrogen and oxygen atoms in total. The van der Waals surface area contributed by atoms with Gasteiger partial charge in [-0.05, 0) is 57.8 Å². The molecule has 12 heteroatoms. The number of aliphatic imine (C=N–C) groups is 4. The fraction of sp³-hybridized carbons (Fsp3) is 0.905. The monoisotopic (exact) mass is 771 g/mol. The first-order chi connectivity index (χ1) is 25.8. The van der Waals surface area contributed by atoms with E-state index in [0.717, 1.165) is 30.1 Å². The molecule has 0 rings (SSSR count). The standard InChI is InChI=1S/C42H82N4O8/c1-34(2)38(9)43-14-13-18-47-22-26-51-30-42(31-52-27-23-48-19-15-44-39(10)35(3)4,32-53-28-24-49-20-16-45-40(11)36(5)6)33-54-29-25-50-21-17-46-41(12)37(7)8/h34-37H,13-33H2,1-12H3/b43-38+,44-39+,45-40+,46-41+. The molecular weight excluding hydrogens is 688 g/mol. The Hall–Kier alpha value is -1.64. The first-order valence-electron chi connectivity index (χ1n) is 20.5. The SMILES string of the molecule is C/C(=N\CCCOCCOCC(COCCOCC/N=C(\C)C(C)C)(COCCOCC/N=C(\C)C(C)C)COCCOCC/N=C(\C)C(C)C)C(C)C. The summed E-state index contributed by atoms with van der Waals surface area (Å²) in [7, 11) is 0. The Morgan fingerprint density at radius 1 is 0.333 bits per heavy atom. The highest BCUT2D eigenvalue weighted by Crippen LogP contribution is 2.21. The Labute approximate surface area is 330 Å². The van der Waals surface area contributed by atoms with Crippen molar-refractivity contribution in [2.45, 2.75) is 89.5 Å². The van der Waals surface area contributed by atoms with Gasteiger partial charge in [0.1, 0.15) is 0 Å². The minimum Gasteiger partial charge on any atom is -0.379 e. The van der Waals surface area contributed by atoms with E-state index in [1.54, 1.807) is 0 Å². The van der Waals surface area contributed by atoms with Crippen LogP contribution in [0.25, 0.3) is 0 Å². The van der Waals surface area contributed by atoms with E-state index in [2.05, 4.69) is 103 Å². The highest BCUT2D eigenvalue weighted by molar-refractivity contribution is 5.84. The molecule has 0 bridgehead atoms. The molecule has 0 saturated heterocycles. The van der Waals surface area contributed by atoms with E-state index in [4.69, 9.17) is 37.9 Å². The summed E-state index contributed by atoms with van der Waals surface area (Å²) in [5.74, 6) is 1.80. The summed E-state index contributed by atoms with van der Waals surface area (Å²) in [4.78, 5) is 18.3. The number of ether oxygens (including phenoxy) is 8. The highest BCUT2D eigenvalue weighted by atomic mass is 16.6. The van der Waals surface area contributed by atoms with E-state index in [-0.39, 0.29) is 0 Å². The zero-order valence-electron chi connectivity index (χ0n) is 36.7. The fourth-order valence-electron chi connectivity index (χ4n) is 4.30. The first-order valence-corrected chi connectivity index (χ1v) is 20.5. The van der Waals surface area contributed by atoms with Crippen LogP contribution in [0.2, 0.25) is 0 Å². The number of nitrogens with zero attached hydrogens (tertiary/aromatic N) is 4. The molecule has 54 heavy (non-hydrogen) atoms. The van der Waals surface area contributed by atoms with Gasteiger partial charge in [0.15, 0.2) is 0 Å². The second kappa shape index (κ2) is 34.6. The van der Waals surface area contributed by atoms with Crippen LogP contribution in [0.3, 0.4) is 0 Å². The number of rotatable bonds is 37. The van der Waals surface area contributed by atoms with Crippen molar-refractivity contribution in [3.05, 3.63) is 0 Å². The third kappa shape index (κ3) is 30.6. The molecule has 318 valence electrons. The van der Waals surface area contributed by atoms with Crippen molar-refractivity contribution in [2.24, 2.45) is 49.1 Å². The molecule has 0 spiro atoms. The second-order valence-electron chi connectivity index (χ2n) is 15.2. The quantitative estimate of drug-likeness (QED) is 0.0491. The molecule has 0 aliphatic rings. The molecule has 0 radical (unpaired) electrons. The van der Waals surface area contributed by atoms with Crippen molar-refractivity contribution < 1.29 is 37.9 Å². The predicted octanol–water partition coefficient (Wildman–Crippen LogP) is 6.96. The van der Waals surface area contributed by atoms with Crippen molar-refractivity contribution in [3.8, 4) is 0 Å². The van der Waals surface area contributed by atoms with Crippen molar-refractivity contribution in [3.63, 3.8) is 0 Å². The lowest BCUT2D eigenvalue weighted by atomic mass is 9.92. The van der Waals surface area contributed by atoms with Crippen molar-refractivity contribution >= 4 is 22.8 Å². The summed E-state index contributed by atoms with van der Waals surface area (Å²) in [6, 6.07) is 0. The minimum atomic E-state index is -0.556. The maximum absolute atomic E-state index is 6.20. The normalized spacial score (nSPS) is 13.9. The minimum absolute atomic E-state index is 0.378. The zero-order valence-corrected chi connectivity index (χ0v) is 36.7. The molecule has 0 amide bonds. The van der Waals surface area contributed by atoms with Crippen LogP contribution in [0.4, 0.5) is 0 Å². The van der Waals surface area contributed by atoms with E-state index in [9.17, 15) is 0 Å². The molecular formula is C42H82N4O8. The second-order valence-corrected chi connectivity index (χ2v) is 15.2. The molecule has 0 fully saturated rings. The third-order valence-electron chi connectivity index (χ3n) is 9.06. The van der Waals surface area contributed by atoms with Gasteiger partial charge < -0.3 is 37.9 Å². The zero-order chi connectivity index (χ0) is 40.5. The molecule has 0 saturated carbocycles. The predicted molar refractivity (Wildman–Crippen MR) is 225 cm³/mol. The van der Waals surface area contributed by atoms with E-state index >= 15 is 0 Å². The van der Waals surface area contributed by atoms with Crippen LogP contribution in [0.1, 0.15) is 89.5 Å². The Balaban J connectivity index is 5.24. The van der Waals surface area contributed by atoms with Gasteiger partial charge in [-0.25, -0.2) is 0 Å². The van der Waals surface area contributed by atoms with Crippen molar-refractivity contribution in [1.29, 1.82) is 0 Å². The average molecular weight is 771 g/mol. The van der Waals surface area contributed by atoms with Gasteiger partial charge in [0.2, 0.25) is 0 Å². The van der Waals surface area contributed by atoms with Gasteiger partial charge in [-0.2, -0.15) is 0 Å². The molecule has 0 heterocycles. The van der Waals surface area contributed by atoms with Gasteiger partial charge in [-0.1, -0.05) is 55.4 Å². The van der Waals surface area contributed by atoms with Crippen LogP contribution >= 0.6 is 0 Å². The van der Waals surface area contributed by atoms with Crippen LogP contribution in [-0.4, -0.2) is 155 Å².